The Morgan fingerprint density at radius 3 is 1.33 bits per heavy atom. The van der Waals surface area contributed by atoms with E-state index in [0.29, 0.717) is 35.8 Å². The van der Waals surface area contributed by atoms with Crippen molar-refractivity contribution < 1.29 is 47.6 Å². The molecule has 0 aliphatic heterocycles. The molecule has 0 bridgehead atoms. The summed E-state index contributed by atoms with van der Waals surface area (Å²) in [6.07, 6.45) is 5.92. The van der Waals surface area contributed by atoms with E-state index in [-0.39, 0.29) is 35.2 Å². The van der Waals surface area contributed by atoms with Crippen LogP contribution >= 0.6 is 0 Å². The van der Waals surface area contributed by atoms with E-state index in [1.54, 1.807) is 48.5 Å². The fourth-order valence-electron chi connectivity index (χ4n) is 5.68. The Kier molecular flexibility index (Phi) is 13.8. The van der Waals surface area contributed by atoms with Crippen LogP contribution in [0.4, 0.5) is 0 Å². The number of carbonyl (C=O) groups is 4. The number of benzene rings is 4. The Labute approximate surface area is 303 Å². The highest BCUT2D eigenvalue weighted by Crippen LogP contribution is 2.29. The summed E-state index contributed by atoms with van der Waals surface area (Å²) in [6.45, 7) is 5.10. The lowest BCUT2D eigenvalue weighted by Crippen LogP contribution is -2.33. The van der Waals surface area contributed by atoms with Crippen LogP contribution in [-0.2, 0) is 9.47 Å². The Hall–Kier alpha value is -5.64. The highest BCUT2D eigenvalue weighted by Gasteiger charge is 2.29. The second-order valence-electron chi connectivity index (χ2n) is 12.5. The van der Waals surface area contributed by atoms with Crippen molar-refractivity contribution in [2.75, 3.05) is 19.8 Å². The van der Waals surface area contributed by atoms with Crippen LogP contribution in [0.3, 0.4) is 0 Å². The van der Waals surface area contributed by atoms with Gasteiger partial charge in [-0.25, -0.2) is 19.2 Å². The van der Waals surface area contributed by atoms with E-state index >= 15 is 0 Å². The molecule has 272 valence electrons. The third kappa shape index (κ3) is 10.9. The summed E-state index contributed by atoms with van der Waals surface area (Å²) in [4.78, 5) is 51.5. The molecule has 0 N–H and O–H groups in total. The van der Waals surface area contributed by atoms with Crippen molar-refractivity contribution >= 4 is 23.9 Å². The largest absolute Gasteiger partial charge is 0.494 e. The van der Waals surface area contributed by atoms with Crippen LogP contribution in [0.1, 0.15) is 100 Å². The first kappa shape index (κ1) is 37.6. The van der Waals surface area contributed by atoms with Gasteiger partial charge in [-0.3, -0.25) is 0 Å². The molecule has 52 heavy (non-hydrogen) atoms. The molecule has 0 saturated heterocycles. The van der Waals surface area contributed by atoms with Crippen LogP contribution in [0.2, 0.25) is 0 Å². The van der Waals surface area contributed by atoms with Gasteiger partial charge in [-0.05, 0) is 129 Å². The molecule has 1 aliphatic carbocycles. The molecule has 5 rings (SSSR count). The van der Waals surface area contributed by atoms with E-state index in [2.05, 4.69) is 0 Å². The second kappa shape index (κ2) is 19.1. The van der Waals surface area contributed by atoms with Crippen molar-refractivity contribution in [2.45, 2.75) is 64.9 Å². The predicted molar refractivity (Wildman–Crippen MR) is 193 cm³/mol. The first-order chi connectivity index (χ1) is 25.3. The van der Waals surface area contributed by atoms with E-state index in [0.717, 1.165) is 44.9 Å². The lowest BCUT2D eigenvalue weighted by Gasteiger charge is -2.29. The molecule has 0 radical (unpaired) electrons. The lowest BCUT2D eigenvalue weighted by molar-refractivity contribution is -0.0247. The number of hydrogen-bond donors (Lipinski definition) is 0. The molecular formula is C42H44O10. The van der Waals surface area contributed by atoms with Crippen LogP contribution in [0.25, 0.3) is 0 Å². The normalized spacial score (nSPS) is 13.3. The molecular weight excluding hydrogens is 664 g/mol. The number of hydrogen-bond acceptors (Lipinski definition) is 10. The van der Waals surface area contributed by atoms with Gasteiger partial charge in [-0.2, -0.15) is 0 Å². The van der Waals surface area contributed by atoms with Crippen molar-refractivity contribution in [3.8, 4) is 23.0 Å². The van der Waals surface area contributed by atoms with Crippen molar-refractivity contribution in [1.82, 2.24) is 0 Å². The minimum absolute atomic E-state index is 0.0403. The molecule has 1 unspecified atom stereocenters. The summed E-state index contributed by atoms with van der Waals surface area (Å²) in [5, 5.41) is 0. The fourth-order valence-corrected chi connectivity index (χ4v) is 5.68. The SMILES string of the molecule is CCCOc1ccc(C(=O)Oc2ccc(C(=O)OCC(OC(=O)c3ccc(OC(=O)c4ccc(OCCC)cc4)cc3)C3CCCCC3)cc2)cc1. The third-order valence-electron chi connectivity index (χ3n) is 8.54. The number of esters is 4. The van der Waals surface area contributed by atoms with Crippen molar-refractivity contribution in [3.63, 3.8) is 0 Å². The van der Waals surface area contributed by atoms with Gasteiger partial charge in [0.2, 0.25) is 0 Å². The summed E-state index contributed by atoms with van der Waals surface area (Å²) < 4.78 is 33.6. The van der Waals surface area contributed by atoms with Crippen LogP contribution in [0.15, 0.2) is 97.1 Å². The standard InChI is InChI=1S/C42H44O10/c1-3-26-47-34-18-10-31(11-19-34)40(44)50-36-22-14-30(15-23-36)39(43)49-28-38(29-8-6-5-7-9-29)52-42(46)33-16-24-37(25-17-33)51-41(45)32-12-20-35(21-13-32)48-27-4-2/h10-25,29,38H,3-9,26-28H2,1-2H3. The van der Waals surface area contributed by atoms with E-state index in [9.17, 15) is 19.2 Å². The van der Waals surface area contributed by atoms with Gasteiger partial charge in [0.05, 0.1) is 35.5 Å². The molecule has 1 aliphatic rings. The smallest absolute Gasteiger partial charge is 0.343 e. The molecule has 10 nitrogen and oxygen atoms in total. The average Bonchev–Trinajstić information content (AvgIpc) is 3.18. The first-order valence-electron chi connectivity index (χ1n) is 17.8. The summed E-state index contributed by atoms with van der Waals surface area (Å²) in [5.74, 6) is -0.296. The topological polar surface area (TPSA) is 124 Å². The highest BCUT2D eigenvalue weighted by atomic mass is 16.6. The van der Waals surface area contributed by atoms with E-state index < -0.39 is 30.0 Å². The number of carbonyl (C=O) groups excluding carboxylic acids is 4. The van der Waals surface area contributed by atoms with Crippen LogP contribution in [-0.4, -0.2) is 49.8 Å². The number of ether oxygens (including phenoxy) is 6. The average molecular weight is 709 g/mol. The number of rotatable bonds is 16. The zero-order valence-electron chi connectivity index (χ0n) is 29.5. The maximum absolute atomic E-state index is 13.2. The van der Waals surface area contributed by atoms with Gasteiger partial charge in [0.15, 0.2) is 0 Å². The molecule has 1 fully saturated rings. The summed E-state index contributed by atoms with van der Waals surface area (Å²) in [6, 6.07) is 25.6. The lowest BCUT2D eigenvalue weighted by atomic mass is 9.85. The predicted octanol–water partition coefficient (Wildman–Crippen LogP) is 8.67. The van der Waals surface area contributed by atoms with Crippen LogP contribution in [0.5, 0.6) is 23.0 Å². The van der Waals surface area contributed by atoms with Crippen molar-refractivity contribution in [1.29, 1.82) is 0 Å². The molecule has 0 amide bonds. The molecule has 4 aromatic rings. The maximum Gasteiger partial charge on any atom is 0.343 e. The van der Waals surface area contributed by atoms with E-state index in [4.69, 9.17) is 28.4 Å². The van der Waals surface area contributed by atoms with Crippen molar-refractivity contribution in [2.24, 2.45) is 5.92 Å². The summed E-state index contributed by atoms with van der Waals surface area (Å²) >= 11 is 0. The monoisotopic (exact) mass is 708 g/mol. The first-order valence-corrected chi connectivity index (χ1v) is 17.8. The summed E-state index contributed by atoms with van der Waals surface area (Å²) in [7, 11) is 0. The molecule has 1 atom stereocenters. The molecule has 0 aromatic heterocycles. The highest BCUT2D eigenvalue weighted by molar-refractivity contribution is 5.93. The molecule has 0 spiro atoms. The second-order valence-corrected chi connectivity index (χ2v) is 12.5. The van der Waals surface area contributed by atoms with Gasteiger partial charge in [-0.1, -0.05) is 33.1 Å². The Bertz CT molecular complexity index is 1760. The van der Waals surface area contributed by atoms with E-state index in [1.807, 2.05) is 13.8 Å². The van der Waals surface area contributed by atoms with Crippen LogP contribution in [0, 0.1) is 5.92 Å². The quantitative estimate of drug-likeness (QED) is 0.0825. The van der Waals surface area contributed by atoms with Gasteiger partial charge >= 0.3 is 23.9 Å². The Morgan fingerprint density at radius 1 is 0.519 bits per heavy atom. The zero-order valence-corrected chi connectivity index (χ0v) is 29.5. The van der Waals surface area contributed by atoms with Crippen molar-refractivity contribution in [3.05, 3.63) is 119 Å². The third-order valence-corrected chi connectivity index (χ3v) is 8.54. The van der Waals surface area contributed by atoms with Gasteiger partial charge < -0.3 is 28.4 Å². The molecule has 1 saturated carbocycles. The zero-order chi connectivity index (χ0) is 36.7. The van der Waals surface area contributed by atoms with Gasteiger partial charge in [-0.15, -0.1) is 0 Å². The van der Waals surface area contributed by atoms with Gasteiger partial charge in [0, 0.05) is 0 Å². The van der Waals surface area contributed by atoms with Crippen LogP contribution < -0.4 is 18.9 Å². The van der Waals surface area contributed by atoms with E-state index in [1.165, 1.54) is 48.5 Å². The Morgan fingerprint density at radius 2 is 0.904 bits per heavy atom. The molecule has 0 heterocycles. The van der Waals surface area contributed by atoms with Gasteiger partial charge in [0.25, 0.3) is 0 Å². The molecule has 10 heteroatoms. The fraction of sp³-hybridized carbons (Fsp3) is 0.333. The Balaban J connectivity index is 1.14. The summed E-state index contributed by atoms with van der Waals surface area (Å²) in [5.41, 5.74) is 1.27. The minimum atomic E-state index is -0.641. The molecule has 4 aromatic carbocycles. The maximum atomic E-state index is 13.2. The minimum Gasteiger partial charge on any atom is -0.494 e. The van der Waals surface area contributed by atoms with Gasteiger partial charge in [0.1, 0.15) is 35.7 Å².